The molecule has 2 amide bonds. The highest BCUT2D eigenvalue weighted by molar-refractivity contribution is 6.04. The molecule has 2 aromatic rings. The topological polar surface area (TPSA) is 65.5 Å². The molecule has 0 spiro atoms. The van der Waals surface area contributed by atoms with E-state index in [1.165, 1.54) is 30.5 Å². The van der Waals surface area contributed by atoms with Gasteiger partial charge in [0, 0.05) is 43.6 Å². The molecule has 0 atom stereocenters. The molecule has 0 unspecified atom stereocenters. The van der Waals surface area contributed by atoms with Crippen LogP contribution in [0.15, 0.2) is 42.6 Å². The van der Waals surface area contributed by atoms with Crippen molar-refractivity contribution in [2.45, 2.75) is 0 Å². The SMILES string of the molecule is CN1CCN(C(=O)c2ccnc(C(=O)Nc3cccc(F)c3)c2)CC1. The number of hydrogen-bond donors (Lipinski definition) is 1. The number of likely N-dealkylation sites (N-methyl/N-ethyl adjacent to an activating group) is 1. The van der Waals surface area contributed by atoms with Crippen LogP contribution in [0.4, 0.5) is 10.1 Å². The maximum atomic E-state index is 13.2. The number of anilines is 1. The third-order valence-electron chi connectivity index (χ3n) is 4.11. The minimum absolute atomic E-state index is 0.115. The Bertz CT molecular complexity index is 788. The van der Waals surface area contributed by atoms with Gasteiger partial charge in [0.2, 0.25) is 0 Å². The van der Waals surface area contributed by atoms with Crippen LogP contribution in [0.2, 0.25) is 0 Å². The van der Waals surface area contributed by atoms with E-state index in [0.29, 0.717) is 24.3 Å². The summed E-state index contributed by atoms with van der Waals surface area (Å²) in [4.78, 5) is 32.8. The Morgan fingerprint density at radius 3 is 2.60 bits per heavy atom. The molecule has 25 heavy (non-hydrogen) atoms. The van der Waals surface area contributed by atoms with E-state index in [1.54, 1.807) is 17.0 Å². The van der Waals surface area contributed by atoms with Gasteiger partial charge in [-0.25, -0.2) is 4.39 Å². The van der Waals surface area contributed by atoms with E-state index in [2.05, 4.69) is 15.2 Å². The van der Waals surface area contributed by atoms with Crippen molar-refractivity contribution in [3.05, 3.63) is 59.7 Å². The summed E-state index contributed by atoms with van der Waals surface area (Å²) in [7, 11) is 2.02. The molecule has 130 valence electrons. The monoisotopic (exact) mass is 342 g/mol. The number of carbonyl (C=O) groups excluding carboxylic acids is 2. The number of pyridine rings is 1. The summed E-state index contributed by atoms with van der Waals surface area (Å²) in [6.07, 6.45) is 1.43. The molecule has 0 aliphatic carbocycles. The minimum Gasteiger partial charge on any atom is -0.336 e. The first-order chi connectivity index (χ1) is 12.0. The van der Waals surface area contributed by atoms with Gasteiger partial charge in [-0.05, 0) is 37.4 Å². The second kappa shape index (κ2) is 7.40. The van der Waals surface area contributed by atoms with Gasteiger partial charge in [-0.1, -0.05) is 6.07 Å². The van der Waals surface area contributed by atoms with Crippen LogP contribution in [0.3, 0.4) is 0 Å². The molecule has 2 heterocycles. The highest BCUT2D eigenvalue weighted by Gasteiger charge is 2.21. The number of amides is 2. The van der Waals surface area contributed by atoms with Gasteiger partial charge in [0.15, 0.2) is 0 Å². The van der Waals surface area contributed by atoms with Crippen LogP contribution in [0, 0.1) is 5.82 Å². The molecule has 1 aromatic heterocycles. The zero-order chi connectivity index (χ0) is 17.8. The molecule has 0 bridgehead atoms. The molecule has 7 heteroatoms. The van der Waals surface area contributed by atoms with E-state index in [9.17, 15) is 14.0 Å². The van der Waals surface area contributed by atoms with E-state index in [4.69, 9.17) is 0 Å². The summed E-state index contributed by atoms with van der Waals surface area (Å²) in [6, 6.07) is 8.67. The standard InChI is InChI=1S/C18H19FN4O2/c1-22-7-9-23(10-8-22)18(25)13-5-6-20-16(11-13)17(24)21-15-4-2-3-14(19)12-15/h2-6,11-12H,7-10H2,1H3,(H,21,24). The van der Waals surface area contributed by atoms with Crippen LogP contribution in [-0.4, -0.2) is 59.8 Å². The first kappa shape index (κ1) is 17.0. The molecule has 0 radical (unpaired) electrons. The van der Waals surface area contributed by atoms with Gasteiger partial charge in [-0.3, -0.25) is 14.6 Å². The lowest BCUT2D eigenvalue weighted by atomic mass is 10.1. The molecule has 1 N–H and O–H groups in total. The molecule has 1 aliphatic heterocycles. The van der Waals surface area contributed by atoms with Crippen molar-refractivity contribution in [2.24, 2.45) is 0 Å². The summed E-state index contributed by atoms with van der Waals surface area (Å²) in [6.45, 7) is 2.96. The molecule has 1 saturated heterocycles. The third kappa shape index (κ3) is 4.19. The number of benzene rings is 1. The number of nitrogens with zero attached hydrogens (tertiary/aromatic N) is 3. The number of hydrogen-bond acceptors (Lipinski definition) is 4. The van der Waals surface area contributed by atoms with Crippen molar-refractivity contribution in [2.75, 3.05) is 38.5 Å². The normalized spacial score (nSPS) is 15.0. The number of piperazine rings is 1. The zero-order valence-electron chi connectivity index (χ0n) is 13.9. The van der Waals surface area contributed by atoms with Gasteiger partial charge in [0.05, 0.1) is 0 Å². The Balaban J connectivity index is 1.72. The fraction of sp³-hybridized carbons (Fsp3) is 0.278. The molecule has 1 aromatic carbocycles. The predicted molar refractivity (Wildman–Crippen MR) is 92.0 cm³/mol. The Kier molecular flexibility index (Phi) is 5.04. The first-order valence-corrected chi connectivity index (χ1v) is 8.04. The number of halogens is 1. The van der Waals surface area contributed by atoms with Crippen LogP contribution < -0.4 is 5.32 Å². The molecular formula is C18H19FN4O2. The number of nitrogens with one attached hydrogen (secondary N) is 1. The van der Waals surface area contributed by atoms with Crippen molar-refractivity contribution >= 4 is 17.5 Å². The Morgan fingerprint density at radius 2 is 1.88 bits per heavy atom. The highest BCUT2D eigenvalue weighted by Crippen LogP contribution is 2.13. The van der Waals surface area contributed by atoms with Gasteiger partial charge in [0.25, 0.3) is 11.8 Å². The fourth-order valence-electron chi connectivity index (χ4n) is 2.64. The second-order valence-corrected chi connectivity index (χ2v) is 5.99. The van der Waals surface area contributed by atoms with E-state index in [0.717, 1.165) is 13.1 Å². The van der Waals surface area contributed by atoms with Crippen molar-refractivity contribution in [1.29, 1.82) is 0 Å². The number of rotatable bonds is 3. The lowest BCUT2D eigenvalue weighted by Gasteiger charge is -2.32. The van der Waals surface area contributed by atoms with Crippen LogP contribution in [-0.2, 0) is 0 Å². The van der Waals surface area contributed by atoms with Crippen LogP contribution in [0.5, 0.6) is 0 Å². The van der Waals surface area contributed by atoms with Crippen molar-refractivity contribution in [3.8, 4) is 0 Å². The molecular weight excluding hydrogens is 323 g/mol. The quantitative estimate of drug-likeness (QED) is 0.925. The van der Waals surface area contributed by atoms with Gasteiger partial charge >= 0.3 is 0 Å². The Morgan fingerprint density at radius 1 is 1.12 bits per heavy atom. The van der Waals surface area contributed by atoms with E-state index < -0.39 is 11.7 Å². The predicted octanol–water partition coefficient (Wildman–Crippen LogP) is 1.86. The van der Waals surface area contributed by atoms with E-state index in [-0.39, 0.29) is 11.6 Å². The van der Waals surface area contributed by atoms with Crippen molar-refractivity contribution in [1.82, 2.24) is 14.8 Å². The van der Waals surface area contributed by atoms with Gasteiger partial charge in [-0.15, -0.1) is 0 Å². The van der Waals surface area contributed by atoms with Crippen molar-refractivity contribution in [3.63, 3.8) is 0 Å². The number of aromatic nitrogens is 1. The summed E-state index contributed by atoms with van der Waals surface area (Å²) in [5, 5.41) is 2.58. The average molecular weight is 342 g/mol. The fourth-order valence-corrected chi connectivity index (χ4v) is 2.64. The minimum atomic E-state index is -0.487. The highest BCUT2D eigenvalue weighted by atomic mass is 19.1. The molecule has 0 saturated carbocycles. The summed E-state index contributed by atoms with van der Waals surface area (Å²) in [5.74, 6) is -1.04. The molecule has 1 fully saturated rings. The van der Waals surface area contributed by atoms with Gasteiger partial charge in [0.1, 0.15) is 11.5 Å². The third-order valence-corrected chi connectivity index (χ3v) is 4.11. The Labute approximate surface area is 145 Å². The van der Waals surface area contributed by atoms with Gasteiger partial charge in [-0.2, -0.15) is 0 Å². The van der Waals surface area contributed by atoms with Crippen molar-refractivity contribution < 1.29 is 14.0 Å². The summed E-state index contributed by atoms with van der Waals surface area (Å²) < 4.78 is 13.2. The van der Waals surface area contributed by atoms with E-state index >= 15 is 0 Å². The largest absolute Gasteiger partial charge is 0.336 e. The van der Waals surface area contributed by atoms with Crippen LogP contribution in [0.1, 0.15) is 20.8 Å². The maximum absolute atomic E-state index is 13.2. The number of carbonyl (C=O) groups is 2. The second-order valence-electron chi connectivity index (χ2n) is 5.99. The van der Waals surface area contributed by atoms with E-state index in [1.807, 2.05) is 7.05 Å². The zero-order valence-corrected chi connectivity index (χ0v) is 13.9. The Hall–Kier alpha value is -2.80. The average Bonchev–Trinajstić information content (AvgIpc) is 2.62. The van der Waals surface area contributed by atoms with Crippen LogP contribution in [0.25, 0.3) is 0 Å². The van der Waals surface area contributed by atoms with Crippen LogP contribution >= 0.6 is 0 Å². The molecule has 3 rings (SSSR count). The first-order valence-electron chi connectivity index (χ1n) is 8.04. The molecule has 1 aliphatic rings. The smallest absolute Gasteiger partial charge is 0.274 e. The maximum Gasteiger partial charge on any atom is 0.274 e. The summed E-state index contributed by atoms with van der Waals surface area (Å²) >= 11 is 0. The molecule has 6 nitrogen and oxygen atoms in total. The lowest BCUT2D eigenvalue weighted by Crippen LogP contribution is -2.47. The lowest BCUT2D eigenvalue weighted by molar-refractivity contribution is 0.0664. The summed E-state index contributed by atoms with van der Waals surface area (Å²) in [5.41, 5.74) is 0.871. The van der Waals surface area contributed by atoms with Gasteiger partial charge < -0.3 is 15.1 Å².